The van der Waals surface area contributed by atoms with Gasteiger partial charge in [-0.05, 0) is 143 Å². The van der Waals surface area contributed by atoms with Gasteiger partial charge in [0.1, 0.15) is 0 Å². The number of fused-ring (bicyclic) bond motifs is 9. The molecule has 3 saturated carbocycles. The van der Waals surface area contributed by atoms with E-state index in [-0.39, 0.29) is 5.41 Å². The number of hydrogen-bond donors (Lipinski definition) is 0. The van der Waals surface area contributed by atoms with Crippen LogP contribution in [0, 0.1) is 23.7 Å². The Balaban J connectivity index is 0.895. The lowest BCUT2D eigenvalue weighted by molar-refractivity contribution is 0.0780. The molecule has 11 aromatic rings. The molecule has 3 heteroatoms. The topological polar surface area (TPSA) is 8.17 Å². The number of para-hydroxylation sites is 2. The van der Waals surface area contributed by atoms with Crippen LogP contribution in [0.4, 0.5) is 17.1 Å². The van der Waals surface area contributed by atoms with Crippen LogP contribution in [-0.2, 0) is 5.41 Å². The zero-order valence-corrected chi connectivity index (χ0v) is 38.0. The maximum atomic E-state index is 2.57. The van der Waals surface area contributed by atoms with E-state index in [0.29, 0.717) is 0 Å². The van der Waals surface area contributed by atoms with Crippen LogP contribution in [0.1, 0.15) is 44.6 Å². The number of hydrogen-bond acceptors (Lipinski definition) is 2. The van der Waals surface area contributed by atoms with E-state index in [1.54, 1.807) is 5.56 Å². The van der Waals surface area contributed by atoms with Crippen LogP contribution in [0.5, 0.6) is 0 Å². The summed E-state index contributed by atoms with van der Waals surface area (Å²) >= 11 is 1.90. The molecule has 66 heavy (non-hydrogen) atoms. The van der Waals surface area contributed by atoms with Gasteiger partial charge >= 0.3 is 0 Å². The molecular formula is C63H50N2S. The molecule has 14 rings (SSSR count). The minimum atomic E-state index is 0.278. The van der Waals surface area contributed by atoms with E-state index in [1.165, 1.54) is 124 Å². The van der Waals surface area contributed by atoms with Crippen molar-refractivity contribution < 1.29 is 0 Å². The summed E-state index contributed by atoms with van der Waals surface area (Å²) < 4.78 is 5.19. The SMILES string of the molecule is C[C@H]1C[C@H]2C[C@H]3CC(c4cccc(N(c5ccc(-c6ccccc6-n6c7ccccc7c7ccc8ccccc8c76)cc5)c5ccc(-c6cccc7c6sc6ccccc67)cc5)c4)(CC23)C1. The molecule has 0 N–H and O–H groups in total. The third-order valence-electron chi connectivity index (χ3n) is 16.2. The lowest BCUT2D eigenvalue weighted by Crippen LogP contribution is -2.34. The van der Waals surface area contributed by atoms with E-state index < -0.39 is 0 Å². The average Bonchev–Trinajstić information content (AvgIpc) is 3.99. The Labute approximate surface area is 390 Å². The number of anilines is 3. The number of thiophene rings is 1. The molecule has 0 amide bonds. The molecule has 2 bridgehead atoms. The molecule has 5 atom stereocenters. The summed E-state index contributed by atoms with van der Waals surface area (Å²) in [4.78, 5) is 2.51. The largest absolute Gasteiger partial charge is 0.310 e. The molecule has 318 valence electrons. The van der Waals surface area contributed by atoms with Crippen molar-refractivity contribution in [1.82, 2.24) is 4.57 Å². The second kappa shape index (κ2) is 14.8. The lowest BCUT2D eigenvalue weighted by Gasteiger charge is -2.43. The van der Waals surface area contributed by atoms with Gasteiger partial charge in [0, 0.05) is 59.0 Å². The summed E-state index contributed by atoms with van der Waals surface area (Å²) in [6.45, 7) is 2.52. The van der Waals surface area contributed by atoms with Crippen molar-refractivity contribution in [2.75, 3.05) is 4.90 Å². The molecule has 0 aliphatic heterocycles. The molecule has 2 heterocycles. The van der Waals surface area contributed by atoms with Gasteiger partial charge in [0.25, 0.3) is 0 Å². The van der Waals surface area contributed by atoms with Crippen molar-refractivity contribution in [3.05, 3.63) is 206 Å². The molecule has 0 radical (unpaired) electrons. The zero-order chi connectivity index (χ0) is 43.5. The summed E-state index contributed by atoms with van der Waals surface area (Å²) in [6, 6.07) is 75.3. The monoisotopic (exact) mass is 866 g/mol. The number of aromatic nitrogens is 1. The van der Waals surface area contributed by atoms with Gasteiger partial charge in [0.2, 0.25) is 0 Å². The Hall–Kier alpha value is -6.94. The third-order valence-corrected chi connectivity index (χ3v) is 17.5. The molecule has 2 nitrogen and oxygen atoms in total. The standard InChI is InChI=1S/C63H50N2S/c1-40-34-44-35-45-38-63(37-40,39-57(44)45)46-13-10-14-49(36-46)64(48-31-26-43(27-32-48)52-19-11-20-56-54-18-6-9-23-60(54)66-62(52)56)47-29-24-42(25-30-47)50-15-4-7-21-58(50)65-59-22-8-5-17-53(59)55-33-28-41-12-2-3-16-51(41)61(55)65/h2-33,36,40,44-45,57H,34-35,37-39H2,1H3/t40-,44-,45-,57?,63?/m0/s1. The number of benzene rings is 9. The Bertz CT molecular complexity index is 3680. The maximum absolute atomic E-state index is 2.57. The normalized spacial score (nSPS) is 21.2. The van der Waals surface area contributed by atoms with Crippen LogP contribution < -0.4 is 4.90 Å². The molecule has 0 saturated heterocycles. The average molecular weight is 867 g/mol. The minimum Gasteiger partial charge on any atom is -0.310 e. The first-order valence-electron chi connectivity index (χ1n) is 24.1. The van der Waals surface area contributed by atoms with Crippen LogP contribution in [0.15, 0.2) is 200 Å². The molecule has 3 aliphatic rings. The third kappa shape index (κ3) is 5.85. The van der Waals surface area contributed by atoms with E-state index >= 15 is 0 Å². The molecule has 2 unspecified atom stereocenters. The lowest BCUT2D eigenvalue weighted by atomic mass is 9.63. The first-order chi connectivity index (χ1) is 32.6. The predicted molar refractivity (Wildman–Crippen MR) is 281 cm³/mol. The Morgan fingerprint density at radius 3 is 2.03 bits per heavy atom. The zero-order valence-electron chi connectivity index (χ0n) is 37.2. The highest BCUT2D eigenvalue weighted by molar-refractivity contribution is 7.26. The van der Waals surface area contributed by atoms with E-state index in [2.05, 4.69) is 217 Å². The van der Waals surface area contributed by atoms with Crippen molar-refractivity contribution in [1.29, 1.82) is 0 Å². The van der Waals surface area contributed by atoms with Gasteiger partial charge in [-0.2, -0.15) is 0 Å². The summed E-state index contributed by atoms with van der Waals surface area (Å²) in [5.41, 5.74) is 14.0. The minimum absolute atomic E-state index is 0.278. The van der Waals surface area contributed by atoms with Crippen LogP contribution >= 0.6 is 11.3 Å². The smallest absolute Gasteiger partial charge is 0.0619 e. The first-order valence-corrected chi connectivity index (χ1v) is 24.9. The van der Waals surface area contributed by atoms with Gasteiger partial charge in [0.05, 0.1) is 16.7 Å². The van der Waals surface area contributed by atoms with Gasteiger partial charge in [0.15, 0.2) is 0 Å². The van der Waals surface area contributed by atoms with Crippen LogP contribution in [0.3, 0.4) is 0 Å². The van der Waals surface area contributed by atoms with Crippen molar-refractivity contribution in [3.63, 3.8) is 0 Å². The van der Waals surface area contributed by atoms with Gasteiger partial charge < -0.3 is 9.47 Å². The molecule has 3 fully saturated rings. The second-order valence-corrected chi connectivity index (χ2v) is 21.0. The molecule has 3 aliphatic carbocycles. The fraction of sp³-hybridized carbons (Fsp3) is 0.175. The van der Waals surface area contributed by atoms with E-state index in [4.69, 9.17) is 0 Å². The molecule has 9 aromatic carbocycles. The number of nitrogens with zero attached hydrogens (tertiary/aromatic N) is 2. The highest BCUT2D eigenvalue weighted by Crippen LogP contribution is 2.65. The van der Waals surface area contributed by atoms with Gasteiger partial charge in [-0.3, -0.25) is 0 Å². The summed E-state index contributed by atoms with van der Waals surface area (Å²) in [7, 11) is 0. The molecule has 0 spiro atoms. The fourth-order valence-corrected chi connectivity index (χ4v) is 14.7. The van der Waals surface area contributed by atoms with Crippen LogP contribution in [-0.4, -0.2) is 4.57 Å². The predicted octanol–water partition coefficient (Wildman–Crippen LogP) is 17.8. The fourth-order valence-electron chi connectivity index (χ4n) is 13.5. The van der Waals surface area contributed by atoms with Crippen molar-refractivity contribution in [3.8, 4) is 27.9 Å². The Kier molecular flexibility index (Phi) is 8.59. The van der Waals surface area contributed by atoms with Crippen molar-refractivity contribution in [2.45, 2.75) is 44.4 Å². The first kappa shape index (κ1) is 38.3. The summed E-state index contributed by atoms with van der Waals surface area (Å²) in [6.07, 6.45) is 6.90. The van der Waals surface area contributed by atoms with Crippen LogP contribution in [0.2, 0.25) is 0 Å². The second-order valence-electron chi connectivity index (χ2n) is 20.0. The molecule has 2 aromatic heterocycles. The van der Waals surface area contributed by atoms with E-state index in [1.807, 2.05) is 11.3 Å². The maximum Gasteiger partial charge on any atom is 0.0619 e. The molecular weight excluding hydrogens is 817 g/mol. The Morgan fingerprint density at radius 1 is 0.500 bits per heavy atom. The Morgan fingerprint density at radius 2 is 1.18 bits per heavy atom. The highest BCUT2D eigenvalue weighted by Gasteiger charge is 2.57. The summed E-state index contributed by atoms with van der Waals surface area (Å²) in [5.74, 6) is 3.56. The van der Waals surface area contributed by atoms with Gasteiger partial charge in [-0.1, -0.05) is 153 Å². The highest BCUT2D eigenvalue weighted by atomic mass is 32.1. The van der Waals surface area contributed by atoms with Crippen molar-refractivity contribution >= 4 is 81.1 Å². The van der Waals surface area contributed by atoms with E-state index in [0.717, 1.165) is 29.4 Å². The quantitative estimate of drug-likeness (QED) is 0.155. The number of rotatable bonds is 7. The van der Waals surface area contributed by atoms with Gasteiger partial charge in [-0.15, -0.1) is 11.3 Å². The van der Waals surface area contributed by atoms with Gasteiger partial charge in [-0.25, -0.2) is 0 Å². The van der Waals surface area contributed by atoms with E-state index in [9.17, 15) is 0 Å². The summed E-state index contributed by atoms with van der Waals surface area (Å²) in [5, 5.41) is 7.75. The van der Waals surface area contributed by atoms with Crippen molar-refractivity contribution in [2.24, 2.45) is 23.7 Å². The van der Waals surface area contributed by atoms with Crippen LogP contribution in [0.25, 0.3) is 80.7 Å².